The quantitative estimate of drug-likeness (QED) is 0.492. The van der Waals surface area contributed by atoms with Crippen molar-refractivity contribution in [3.8, 4) is 0 Å². The fraction of sp³-hybridized carbons (Fsp3) is 0.500. The Kier molecular flexibility index (Phi) is 2.80. The average Bonchev–Trinajstić information content (AvgIpc) is 2.51. The molecule has 1 aromatic heterocycles. The van der Waals surface area contributed by atoms with Gasteiger partial charge in [0, 0.05) is 11.2 Å². The Morgan fingerprint density at radius 3 is 3.00 bits per heavy atom. The smallest absolute Gasteiger partial charge is 0.342 e. The minimum atomic E-state index is -0.489. The molecule has 12 heavy (non-hydrogen) atoms. The predicted molar refractivity (Wildman–Crippen MR) is 47.5 cm³/mol. The van der Waals surface area contributed by atoms with Gasteiger partial charge < -0.3 is 10.1 Å². The van der Waals surface area contributed by atoms with Crippen molar-refractivity contribution < 1.29 is 4.92 Å². The molecular weight excluding hydrogens is 226 g/mol. The molecule has 5 nitrogen and oxygen atoms in total. The number of nitro groups is 1. The monoisotopic (exact) mass is 233 g/mol. The molecular formula is C6H8BrN3O2. The summed E-state index contributed by atoms with van der Waals surface area (Å²) in [5, 5.41) is 17.2. The van der Waals surface area contributed by atoms with Gasteiger partial charge in [0.2, 0.25) is 0 Å². The van der Waals surface area contributed by atoms with Crippen LogP contribution in [0.2, 0.25) is 0 Å². The molecule has 0 aliphatic heterocycles. The zero-order chi connectivity index (χ0) is 9.14. The molecule has 1 heterocycles. The summed E-state index contributed by atoms with van der Waals surface area (Å²) >= 11 is 3.27. The highest BCUT2D eigenvalue weighted by molar-refractivity contribution is 9.09. The van der Waals surface area contributed by atoms with Gasteiger partial charge in [-0.2, -0.15) is 0 Å². The van der Waals surface area contributed by atoms with Gasteiger partial charge in [0.15, 0.2) is 0 Å². The highest BCUT2D eigenvalue weighted by atomic mass is 79.9. The van der Waals surface area contributed by atoms with Gasteiger partial charge >= 0.3 is 5.82 Å². The van der Waals surface area contributed by atoms with Crippen molar-refractivity contribution in [3.05, 3.63) is 21.9 Å². The van der Waals surface area contributed by atoms with Gasteiger partial charge in [-0.05, 0) is 4.92 Å². The normalized spacial score (nSPS) is 12.8. The van der Waals surface area contributed by atoms with Gasteiger partial charge in [0.05, 0.1) is 11.8 Å². The molecule has 0 amide bonds. The molecule has 0 saturated heterocycles. The van der Waals surface area contributed by atoms with Crippen LogP contribution in [0.3, 0.4) is 0 Å². The van der Waals surface area contributed by atoms with Gasteiger partial charge in [-0.25, -0.2) is 0 Å². The van der Waals surface area contributed by atoms with E-state index < -0.39 is 4.92 Å². The van der Waals surface area contributed by atoms with Crippen LogP contribution in [0.15, 0.2) is 6.07 Å². The summed E-state index contributed by atoms with van der Waals surface area (Å²) < 4.78 is 0. The Morgan fingerprint density at radius 2 is 2.58 bits per heavy atom. The molecule has 1 atom stereocenters. The van der Waals surface area contributed by atoms with Crippen LogP contribution in [-0.4, -0.2) is 20.5 Å². The van der Waals surface area contributed by atoms with E-state index in [2.05, 4.69) is 26.1 Å². The fourth-order valence-electron chi connectivity index (χ4n) is 0.751. The van der Waals surface area contributed by atoms with E-state index in [9.17, 15) is 10.1 Å². The van der Waals surface area contributed by atoms with Crippen LogP contribution < -0.4 is 0 Å². The number of rotatable bonds is 3. The van der Waals surface area contributed by atoms with E-state index in [-0.39, 0.29) is 11.7 Å². The van der Waals surface area contributed by atoms with Crippen molar-refractivity contribution in [2.24, 2.45) is 0 Å². The molecule has 1 N–H and O–H groups in total. The summed E-state index contributed by atoms with van der Waals surface area (Å²) in [6.45, 7) is 1.94. The molecule has 1 unspecified atom stereocenters. The van der Waals surface area contributed by atoms with Crippen LogP contribution in [0.25, 0.3) is 0 Å². The highest BCUT2D eigenvalue weighted by Crippen LogP contribution is 2.18. The molecule has 0 fully saturated rings. The zero-order valence-electron chi connectivity index (χ0n) is 6.45. The third-order valence-electron chi connectivity index (χ3n) is 1.52. The molecule has 6 heteroatoms. The lowest BCUT2D eigenvalue weighted by molar-refractivity contribution is -0.389. The highest BCUT2D eigenvalue weighted by Gasteiger charge is 2.13. The summed E-state index contributed by atoms with van der Waals surface area (Å²) in [7, 11) is 0. The van der Waals surface area contributed by atoms with Gasteiger partial charge in [0.1, 0.15) is 0 Å². The lowest BCUT2D eigenvalue weighted by Gasteiger charge is -1.98. The average molecular weight is 234 g/mol. The van der Waals surface area contributed by atoms with E-state index in [1.807, 2.05) is 6.92 Å². The summed E-state index contributed by atoms with van der Waals surface area (Å²) in [5.41, 5.74) is 0.707. The molecule has 0 aliphatic carbocycles. The van der Waals surface area contributed by atoms with Crippen molar-refractivity contribution in [2.45, 2.75) is 12.8 Å². The minimum absolute atomic E-state index is 0.0576. The number of nitrogens with one attached hydrogen (secondary N) is 1. The van der Waals surface area contributed by atoms with Gasteiger partial charge in [-0.1, -0.05) is 28.0 Å². The Bertz CT molecular complexity index is 286. The maximum absolute atomic E-state index is 10.2. The van der Waals surface area contributed by atoms with Crippen molar-refractivity contribution >= 4 is 21.7 Å². The van der Waals surface area contributed by atoms with E-state index in [4.69, 9.17) is 0 Å². The Balaban J connectivity index is 2.84. The number of aromatic amines is 1. The largest absolute Gasteiger partial charge is 0.358 e. The molecule has 0 aliphatic rings. The Labute approximate surface area is 77.4 Å². The van der Waals surface area contributed by atoms with E-state index >= 15 is 0 Å². The minimum Gasteiger partial charge on any atom is -0.358 e. The van der Waals surface area contributed by atoms with Gasteiger partial charge in [-0.15, -0.1) is 5.10 Å². The molecule has 0 spiro atoms. The summed E-state index contributed by atoms with van der Waals surface area (Å²) in [4.78, 5) is 9.76. The first-order chi connectivity index (χ1) is 5.65. The maximum Gasteiger partial charge on any atom is 0.342 e. The van der Waals surface area contributed by atoms with E-state index in [0.717, 1.165) is 5.33 Å². The summed E-state index contributed by atoms with van der Waals surface area (Å²) in [6.07, 6.45) is 0. The number of aromatic nitrogens is 2. The van der Waals surface area contributed by atoms with Crippen LogP contribution >= 0.6 is 15.9 Å². The number of halogens is 1. The molecule has 1 rings (SSSR count). The Morgan fingerprint density at radius 1 is 1.92 bits per heavy atom. The second-order valence-electron chi connectivity index (χ2n) is 2.49. The molecule has 0 aromatic carbocycles. The standard InChI is InChI=1S/C6H8BrN3O2/c1-4(3-7)5-2-6(9-8-5)10(11)12/h2,4H,3H2,1H3,(H,8,9). The van der Waals surface area contributed by atoms with Crippen molar-refractivity contribution in [1.82, 2.24) is 10.2 Å². The molecule has 1 aromatic rings. The third-order valence-corrected chi connectivity index (χ3v) is 2.49. The molecule has 0 bridgehead atoms. The topological polar surface area (TPSA) is 71.8 Å². The second kappa shape index (κ2) is 3.66. The van der Waals surface area contributed by atoms with E-state index in [0.29, 0.717) is 5.69 Å². The number of H-pyrrole nitrogens is 1. The van der Waals surface area contributed by atoms with E-state index in [1.165, 1.54) is 6.07 Å². The number of hydrogen-bond acceptors (Lipinski definition) is 3. The number of hydrogen-bond donors (Lipinski definition) is 1. The van der Waals surface area contributed by atoms with Gasteiger partial charge in [0.25, 0.3) is 0 Å². The van der Waals surface area contributed by atoms with Gasteiger partial charge in [-0.3, -0.25) is 0 Å². The molecule has 0 radical (unpaired) electrons. The third kappa shape index (κ3) is 1.82. The predicted octanol–water partition coefficient (Wildman–Crippen LogP) is 1.82. The number of alkyl halides is 1. The maximum atomic E-state index is 10.2. The molecule has 0 saturated carbocycles. The van der Waals surface area contributed by atoms with Crippen LogP contribution in [-0.2, 0) is 0 Å². The Hall–Kier alpha value is -0.910. The lowest BCUT2D eigenvalue weighted by atomic mass is 10.1. The van der Waals surface area contributed by atoms with Crippen molar-refractivity contribution in [3.63, 3.8) is 0 Å². The van der Waals surface area contributed by atoms with Crippen LogP contribution in [0.4, 0.5) is 5.82 Å². The first-order valence-electron chi connectivity index (χ1n) is 3.40. The second-order valence-corrected chi connectivity index (χ2v) is 3.14. The van der Waals surface area contributed by atoms with Crippen LogP contribution in [0, 0.1) is 10.1 Å². The summed E-state index contributed by atoms with van der Waals surface area (Å²) in [6, 6.07) is 1.45. The van der Waals surface area contributed by atoms with Crippen molar-refractivity contribution in [1.29, 1.82) is 0 Å². The van der Waals surface area contributed by atoms with Crippen molar-refractivity contribution in [2.75, 3.05) is 5.33 Å². The van der Waals surface area contributed by atoms with Crippen LogP contribution in [0.1, 0.15) is 18.5 Å². The fourth-order valence-corrected chi connectivity index (χ4v) is 1.08. The lowest BCUT2D eigenvalue weighted by Crippen LogP contribution is -1.93. The van der Waals surface area contributed by atoms with Crippen LogP contribution in [0.5, 0.6) is 0 Å². The first kappa shape index (κ1) is 9.18. The molecule has 66 valence electrons. The zero-order valence-corrected chi connectivity index (χ0v) is 8.04. The number of nitrogens with zero attached hydrogens (tertiary/aromatic N) is 2. The first-order valence-corrected chi connectivity index (χ1v) is 4.53. The SMILES string of the molecule is CC(CBr)c1cc([N+](=O)[O-])[nH]n1. The van der Waals surface area contributed by atoms with E-state index in [1.54, 1.807) is 0 Å². The summed E-state index contributed by atoms with van der Waals surface area (Å²) in [5.74, 6) is 0.132.